The molecule has 0 heterocycles. The highest BCUT2D eigenvalue weighted by Crippen LogP contribution is 2.25. The fourth-order valence-corrected chi connectivity index (χ4v) is 8.49. The van der Waals surface area contributed by atoms with Crippen LogP contribution in [0.5, 0.6) is 0 Å². The van der Waals surface area contributed by atoms with Crippen LogP contribution < -0.4 is 0 Å². The molecule has 0 saturated heterocycles. The number of unbranched alkanes of at least 4 members (excludes halogenated alkanes) is 40. The Bertz CT molecular complexity index is 506. The van der Waals surface area contributed by atoms with Gasteiger partial charge >= 0.3 is 0 Å². The molecule has 0 saturated carbocycles. The smallest absolute Gasteiger partial charge is 0.0414 e. The minimum absolute atomic E-state index is 1.03. The third kappa shape index (κ3) is 44.2. The van der Waals surface area contributed by atoms with Gasteiger partial charge in [0, 0.05) is 0 Å². The summed E-state index contributed by atoms with van der Waals surface area (Å²) in [5.41, 5.74) is 0. The summed E-state index contributed by atoms with van der Waals surface area (Å²) in [5.74, 6) is 1.03. The van der Waals surface area contributed by atoms with Gasteiger partial charge in [0.25, 0.3) is 0 Å². The first-order chi connectivity index (χ1) is 24.8. The molecule has 0 nitrogen and oxygen atoms in total. The Balaban J connectivity index is 3.48. The summed E-state index contributed by atoms with van der Waals surface area (Å²) in [4.78, 5) is 0. The van der Waals surface area contributed by atoms with Crippen LogP contribution in [0.4, 0.5) is 0 Å². The molecule has 0 radical (unpaired) electrons. The lowest BCUT2D eigenvalue weighted by Crippen LogP contribution is -2.01. The summed E-state index contributed by atoms with van der Waals surface area (Å²) in [6.45, 7) is 7.00. The predicted molar refractivity (Wildman–Crippen MR) is 233 cm³/mol. The van der Waals surface area contributed by atoms with E-state index in [1.54, 1.807) is 0 Å². The molecule has 0 atom stereocenters. The highest BCUT2D eigenvalue weighted by molar-refractivity contribution is 4.62. The van der Waals surface area contributed by atoms with Crippen molar-refractivity contribution in [3.8, 4) is 0 Å². The predicted octanol–water partition coefficient (Wildman–Crippen LogP) is 19.6. The summed E-state index contributed by atoms with van der Waals surface area (Å²) in [7, 11) is 0. The zero-order valence-electron chi connectivity index (χ0n) is 36.1. The Morgan fingerprint density at radius 1 is 0.160 bits per heavy atom. The van der Waals surface area contributed by atoms with Crippen LogP contribution in [0.2, 0.25) is 0 Å². The van der Waals surface area contributed by atoms with E-state index in [9.17, 15) is 0 Å². The van der Waals surface area contributed by atoms with Crippen molar-refractivity contribution in [2.24, 2.45) is 5.92 Å². The Labute approximate surface area is 321 Å². The topological polar surface area (TPSA) is 0 Å². The molecule has 0 spiro atoms. The first kappa shape index (κ1) is 50.0. The molecule has 0 aromatic rings. The summed E-state index contributed by atoms with van der Waals surface area (Å²) >= 11 is 0. The second-order valence-corrected chi connectivity index (χ2v) is 17.4. The van der Waals surface area contributed by atoms with Crippen LogP contribution in [0.3, 0.4) is 0 Å². The van der Waals surface area contributed by atoms with Crippen molar-refractivity contribution in [2.75, 3.05) is 0 Å². The van der Waals surface area contributed by atoms with Crippen LogP contribution in [-0.4, -0.2) is 0 Å². The van der Waals surface area contributed by atoms with Gasteiger partial charge in [-0.15, -0.1) is 0 Å². The van der Waals surface area contributed by atoms with Gasteiger partial charge in [0.05, 0.1) is 0 Å². The molecule has 0 amide bonds. The molecule has 0 aliphatic heterocycles. The van der Waals surface area contributed by atoms with Gasteiger partial charge in [-0.3, -0.25) is 0 Å². The lowest BCUT2D eigenvalue weighted by atomic mass is 9.89. The molecular weight excluding hydrogens is 601 g/mol. The standard InChI is InChI=1S/C50H102/c1-4-7-10-12-14-16-18-20-22-24-26-28-30-32-34-36-38-40-42-45-48-50(47-44-9-6-3)49-46-43-41-39-37-35-33-31-29-27-25-23-21-19-17-15-13-11-8-5-2/h50H,4-49H2,1-3H3. The molecule has 0 rings (SSSR count). The highest BCUT2D eigenvalue weighted by Gasteiger charge is 2.08. The Morgan fingerprint density at radius 3 is 0.460 bits per heavy atom. The van der Waals surface area contributed by atoms with Gasteiger partial charge in [0.15, 0.2) is 0 Å². The first-order valence-corrected chi connectivity index (χ1v) is 24.8. The molecule has 50 heavy (non-hydrogen) atoms. The number of hydrogen-bond acceptors (Lipinski definition) is 0. The van der Waals surface area contributed by atoms with Crippen LogP contribution in [0.1, 0.15) is 316 Å². The third-order valence-electron chi connectivity index (χ3n) is 12.1. The molecule has 0 N–H and O–H groups in total. The molecule has 302 valence electrons. The SMILES string of the molecule is CCCCCCCCCCCCCCCCCCCCCCC(CCCCC)CCCCCCCCCCCCCCCCCCCCCC. The first-order valence-electron chi connectivity index (χ1n) is 24.8. The fraction of sp³-hybridized carbons (Fsp3) is 1.00. The molecule has 0 aliphatic carbocycles. The second kappa shape index (κ2) is 47.0. The maximum absolute atomic E-state index is 2.37. The minimum Gasteiger partial charge on any atom is -0.0654 e. The zero-order chi connectivity index (χ0) is 36.1. The van der Waals surface area contributed by atoms with E-state index in [2.05, 4.69) is 20.8 Å². The Morgan fingerprint density at radius 2 is 0.280 bits per heavy atom. The van der Waals surface area contributed by atoms with Crippen molar-refractivity contribution in [1.82, 2.24) is 0 Å². The van der Waals surface area contributed by atoms with E-state index < -0.39 is 0 Å². The lowest BCUT2D eigenvalue weighted by Gasteiger charge is -2.17. The van der Waals surface area contributed by atoms with E-state index in [0.29, 0.717) is 0 Å². The highest BCUT2D eigenvalue weighted by atomic mass is 14.1. The van der Waals surface area contributed by atoms with Crippen LogP contribution in [0, 0.1) is 5.92 Å². The maximum Gasteiger partial charge on any atom is -0.0414 e. The number of hydrogen-bond donors (Lipinski definition) is 0. The minimum atomic E-state index is 1.03. The van der Waals surface area contributed by atoms with E-state index in [1.165, 1.54) is 295 Å². The molecular formula is C50H102. The van der Waals surface area contributed by atoms with E-state index in [4.69, 9.17) is 0 Å². The van der Waals surface area contributed by atoms with Gasteiger partial charge < -0.3 is 0 Å². The van der Waals surface area contributed by atoms with Crippen LogP contribution in [-0.2, 0) is 0 Å². The van der Waals surface area contributed by atoms with Crippen LogP contribution in [0.25, 0.3) is 0 Å². The van der Waals surface area contributed by atoms with Crippen LogP contribution >= 0.6 is 0 Å². The summed E-state index contributed by atoms with van der Waals surface area (Å²) in [6, 6.07) is 0. The second-order valence-electron chi connectivity index (χ2n) is 17.4. The molecule has 0 unspecified atom stereocenters. The molecule has 0 aromatic carbocycles. The van der Waals surface area contributed by atoms with E-state index in [0.717, 1.165) is 5.92 Å². The lowest BCUT2D eigenvalue weighted by molar-refractivity contribution is 0.367. The normalized spacial score (nSPS) is 11.8. The van der Waals surface area contributed by atoms with Crippen molar-refractivity contribution in [2.45, 2.75) is 316 Å². The molecule has 0 aromatic heterocycles. The average molecular weight is 703 g/mol. The van der Waals surface area contributed by atoms with Crippen molar-refractivity contribution >= 4 is 0 Å². The Kier molecular flexibility index (Phi) is 47.0. The van der Waals surface area contributed by atoms with Crippen LogP contribution in [0.15, 0.2) is 0 Å². The third-order valence-corrected chi connectivity index (χ3v) is 12.1. The largest absolute Gasteiger partial charge is 0.0654 e. The Hall–Kier alpha value is 0. The van der Waals surface area contributed by atoms with E-state index in [-0.39, 0.29) is 0 Å². The average Bonchev–Trinajstić information content (AvgIpc) is 3.13. The summed E-state index contributed by atoms with van der Waals surface area (Å²) < 4.78 is 0. The summed E-state index contributed by atoms with van der Waals surface area (Å²) in [5, 5.41) is 0. The van der Waals surface area contributed by atoms with E-state index in [1.807, 2.05) is 0 Å². The van der Waals surface area contributed by atoms with Gasteiger partial charge in [-0.25, -0.2) is 0 Å². The van der Waals surface area contributed by atoms with Gasteiger partial charge in [0.2, 0.25) is 0 Å². The molecule has 0 heteroatoms. The van der Waals surface area contributed by atoms with Gasteiger partial charge in [-0.2, -0.15) is 0 Å². The van der Waals surface area contributed by atoms with Gasteiger partial charge in [-0.05, 0) is 5.92 Å². The maximum atomic E-state index is 2.37. The fourth-order valence-electron chi connectivity index (χ4n) is 8.49. The van der Waals surface area contributed by atoms with E-state index >= 15 is 0 Å². The quantitative estimate of drug-likeness (QED) is 0.0554. The van der Waals surface area contributed by atoms with Crippen molar-refractivity contribution in [3.63, 3.8) is 0 Å². The van der Waals surface area contributed by atoms with Gasteiger partial charge in [0.1, 0.15) is 0 Å². The van der Waals surface area contributed by atoms with Gasteiger partial charge in [-0.1, -0.05) is 316 Å². The molecule has 0 aliphatic rings. The van der Waals surface area contributed by atoms with Crippen molar-refractivity contribution in [3.05, 3.63) is 0 Å². The van der Waals surface area contributed by atoms with Crippen molar-refractivity contribution < 1.29 is 0 Å². The molecule has 0 bridgehead atoms. The van der Waals surface area contributed by atoms with Crippen molar-refractivity contribution in [1.29, 1.82) is 0 Å². The molecule has 0 fully saturated rings. The monoisotopic (exact) mass is 703 g/mol. The zero-order valence-corrected chi connectivity index (χ0v) is 36.1. The number of rotatable bonds is 46. The summed E-state index contributed by atoms with van der Waals surface area (Å²) in [6.07, 6.45) is 68.3.